The minimum Gasteiger partial charge on any atom is -0.474 e. The summed E-state index contributed by atoms with van der Waals surface area (Å²) in [5, 5.41) is 0. The molecule has 2 aromatic carbocycles. The summed E-state index contributed by atoms with van der Waals surface area (Å²) in [6, 6.07) is 28.4. The van der Waals surface area contributed by atoms with Gasteiger partial charge in [-0.25, -0.2) is 20.0 Å². The van der Waals surface area contributed by atoms with Crippen molar-refractivity contribution in [3.8, 4) is 11.1 Å². The lowest BCUT2D eigenvalue weighted by atomic mass is 9.90. The van der Waals surface area contributed by atoms with Gasteiger partial charge in [-0.1, -0.05) is 60.7 Å². The first-order chi connectivity index (χ1) is 17.7. The Morgan fingerprint density at radius 1 is 0.556 bits per heavy atom. The molecular formula is C30H26N4O2. The van der Waals surface area contributed by atoms with Gasteiger partial charge in [0.1, 0.15) is 36.7 Å². The third-order valence-electron chi connectivity index (χ3n) is 6.45. The lowest BCUT2D eigenvalue weighted by Gasteiger charge is -2.17. The molecule has 0 amide bonds. The quantitative estimate of drug-likeness (QED) is 0.367. The first-order valence-corrected chi connectivity index (χ1v) is 12.1. The summed E-state index contributed by atoms with van der Waals surface area (Å²) in [7, 11) is 0. The predicted molar refractivity (Wildman–Crippen MR) is 140 cm³/mol. The van der Waals surface area contributed by atoms with E-state index >= 15 is 0 Å². The molecule has 0 spiro atoms. The third-order valence-corrected chi connectivity index (χ3v) is 6.45. The van der Waals surface area contributed by atoms with E-state index in [0.717, 1.165) is 45.0 Å². The van der Waals surface area contributed by atoms with Gasteiger partial charge in [0.25, 0.3) is 0 Å². The van der Waals surface area contributed by atoms with Crippen molar-refractivity contribution in [3.63, 3.8) is 0 Å². The second kappa shape index (κ2) is 9.38. The minimum atomic E-state index is -0.109. The van der Waals surface area contributed by atoms with Gasteiger partial charge in [0.15, 0.2) is 0 Å². The average molecular weight is 475 g/mol. The topological polar surface area (TPSA) is 69.0 Å². The van der Waals surface area contributed by atoms with Gasteiger partial charge in [-0.2, -0.15) is 0 Å². The molecule has 2 atom stereocenters. The second-order valence-electron chi connectivity index (χ2n) is 9.03. The highest BCUT2D eigenvalue weighted by Gasteiger charge is 2.28. The molecule has 6 rings (SSSR count). The van der Waals surface area contributed by atoms with Gasteiger partial charge in [0.2, 0.25) is 11.8 Å². The maximum atomic E-state index is 5.99. The Morgan fingerprint density at radius 2 is 1.00 bits per heavy atom. The van der Waals surface area contributed by atoms with Gasteiger partial charge < -0.3 is 9.47 Å². The molecule has 0 radical (unpaired) electrons. The van der Waals surface area contributed by atoms with E-state index in [0.29, 0.717) is 25.0 Å². The fourth-order valence-corrected chi connectivity index (χ4v) is 4.74. The van der Waals surface area contributed by atoms with Crippen molar-refractivity contribution in [1.29, 1.82) is 0 Å². The van der Waals surface area contributed by atoms with Crippen LogP contribution in [-0.4, -0.2) is 35.0 Å². The van der Waals surface area contributed by atoms with Crippen LogP contribution in [-0.2, 0) is 9.47 Å². The van der Waals surface area contributed by atoms with Crippen LogP contribution in [0.4, 0.5) is 0 Å². The van der Waals surface area contributed by atoms with Crippen molar-refractivity contribution in [2.24, 2.45) is 9.98 Å². The third kappa shape index (κ3) is 4.26. The molecule has 0 N–H and O–H groups in total. The van der Waals surface area contributed by atoms with E-state index < -0.39 is 0 Å². The highest BCUT2D eigenvalue weighted by molar-refractivity contribution is 5.94. The SMILES string of the molecule is Cc1cccc(C2=N[C@@H](c3ccccc3-c3ccccc3[C@H]3COC(c4cccc(C)n4)=N3)CO2)n1. The number of hydrogen-bond donors (Lipinski definition) is 0. The van der Waals surface area contributed by atoms with E-state index in [9.17, 15) is 0 Å². The summed E-state index contributed by atoms with van der Waals surface area (Å²) < 4.78 is 12.0. The highest BCUT2D eigenvalue weighted by atomic mass is 16.5. The van der Waals surface area contributed by atoms with Crippen LogP contribution in [0.25, 0.3) is 11.1 Å². The normalized spacial score (nSPS) is 18.8. The molecule has 4 heterocycles. The van der Waals surface area contributed by atoms with Crippen molar-refractivity contribution >= 4 is 11.8 Å². The molecule has 4 aromatic rings. The van der Waals surface area contributed by atoms with Crippen molar-refractivity contribution in [2.75, 3.05) is 13.2 Å². The Kier molecular flexibility index (Phi) is 5.77. The van der Waals surface area contributed by atoms with Gasteiger partial charge in [-0.05, 0) is 60.4 Å². The van der Waals surface area contributed by atoms with Gasteiger partial charge in [-0.3, -0.25) is 0 Å². The summed E-state index contributed by atoms with van der Waals surface area (Å²) >= 11 is 0. The number of pyridine rings is 2. The maximum Gasteiger partial charge on any atom is 0.236 e. The zero-order chi connectivity index (χ0) is 24.5. The van der Waals surface area contributed by atoms with E-state index in [1.54, 1.807) is 0 Å². The number of rotatable bonds is 5. The molecule has 2 aliphatic heterocycles. The first-order valence-electron chi connectivity index (χ1n) is 12.1. The van der Waals surface area contributed by atoms with E-state index in [2.05, 4.69) is 58.5 Å². The highest BCUT2D eigenvalue weighted by Crippen LogP contribution is 2.38. The molecule has 0 fully saturated rings. The number of aliphatic imine (C=N–C) groups is 2. The van der Waals surface area contributed by atoms with Crippen LogP contribution >= 0.6 is 0 Å². The molecule has 0 saturated heterocycles. The number of ether oxygens (including phenoxy) is 2. The number of aryl methyl sites for hydroxylation is 2. The largest absolute Gasteiger partial charge is 0.474 e. The van der Waals surface area contributed by atoms with Crippen LogP contribution in [0.1, 0.15) is 46.0 Å². The molecular weight excluding hydrogens is 448 g/mol. The summed E-state index contributed by atoms with van der Waals surface area (Å²) in [6.45, 7) is 4.91. The Balaban J connectivity index is 1.35. The number of hydrogen-bond acceptors (Lipinski definition) is 6. The first kappa shape index (κ1) is 22.2. The van der Waals surface area contributed by atoms with E-state index in [1.807, 2.05) is 50.2 Å². The summed E-state index contributed by atoms with van der Waals surface area (Å²) in [5.41, 5.74) is 7.91. The second-order valence-corrected chi connectivity index (χ2v) is 9.03. The van der Waals surface area contributed by atoms with Crippen molar-refractivity contribution in [2.45, 2.75) is 25.9 Å². The van der Waals surface area contributed by atoms with Gasteiger partial charge in [0.05, 0.1) is 0 Å². The van der Waals surface area contributed by atoms with Crippen LogP contribution in [0.3, 0.4) is 0 Å². The molecule has 178 valence electrons. The molecule has 6 nitrogen and oxygen atoms in total. The summed E-state index contributed by atoms with van der Waals surface area (Å²) in [5.74, 6) is 1.19. The molecule has 2 aliphatic rings. The molecule has 0 saturated carbocycles. The van der Waals surface area contributed by atoms with Crippen LogP contribution in [0.2, 0.25) is 0 Å². The monoisotopic (exact) mass is 474 g/mol. The van der Waals surface area contributed by atoms with Crippen LogP contribution in [0.5, 0.6) is 0 Å². The number of benzene rings is 2. The maximum absolute atomic E-state index is 5.99. The number of aromatic nitrogens is 2. The molecule has 2 aromatic heterocycles. The van der Waals surface area contributed by atoms with Crippen LogP contribution < -0.4 is 0 Å². The minimum absolute atomic E-state index is 0.109. The summed E-state index contributed by atoms with van der Waals surface area (Å²) in [6.07, 6.45) is 0. The Labute approximate surface area is 210 Å². The van der Waals surface area contributed by atoms with E-state index in [4.69, 9.17) is 19.5 Å². The van der Waals surface area contributed by atoms with Gasteiger partial charge in [0, 0.05) is 11.4 Å². The molecule has 0 unspecified atom stereocenters. The summed E-state index contributed by atoms with van der Waals surface area (Å²) in [4.78, 5) is 19.0. The van der Waals surface area contributed by atoms with Crippen molar-refractivity contribution in [3.05, 3.63) is 119 Å². The zero-order valence-electron chi connectivity index (χ0n) is 20.3. The fraction of sp³-hybridized carbons (Fsp3) is 0.200. The molecule has 6 heteroatoms. The van der Waals surface area contributed by atoms with Crippen molar-refractivity contribution in [1.82, 2.24) is 9.97 Å². The Bertz CT molecular complexity index is 1380. The zero-order valence-corrected chi connectivity index (χ0v) is 20.3. The number of nitrogens with zero attached hydrogens (tertiary/aromatic N) is 4. The Morgan fingerprint density at radius 3 is 1.44 bits per heavy atom. The predicted octanol–water partition coefficient (Wildman–Crippen LogP) is 5.80. The van der Waals surface area contributed by atoms with E-state index in [-0.39, 0.29) is 12.1 Å². The van der Waals surface area contributed by atoms with E-state index in [1.165, 1.54) is 0 Å². The average Bonchev–Trinajstić information content (AvgIpc) is 3.60. The molecule has 36 heavy (non-hydrogen) atoms. The lowest BCUT2D eigenvalue weighted by molar-refractivity contribution is 0.318. The Hall–Kier alpha value is -4.32. The smallest absolute Gasteiger partial charge is 0.236 e. The lowest BCUT2D eigenvalue weighted by Crippen LogP contribution is -2.05. The van der Waals surface area contributed by atoms with Crippen molar-refractivity contribution < 1.29 is 9.47 Å². The molecule has 0 bridgehead atoms. The van der Waals surface area contributed by atoms with Gasteiger partial charge in [-0.15, -0.1) is 0 Å². The van der Waals surface area contributed by atoms with Crippen LogP contribution in [0, 0.1) is 13.8 Å². The fourth-order valence-electron chi connectivity index (χ4n) is 4.74. The van der Waals surface area contributed by atoms with Gasteiger partial charge >= 0.3 is 0 Å². The molecule has 0 aliphatic carbocycles. The van der Waals surface area contributed by atoms with Crippen LogP contribution in [0.15, 0.2) is 94.9 Å². The standard InChI is InChI=1S/C30H26N4O2/c1-19-9-7-15-25(31-19)29-33-27(17-35-29)23-13-5-3-11-21(23)22-12-4-6-14-24(22)28-18-36-30(34-28)26-16-8-10-20(2)32-26/h3-16,27-28H,17-18H2,1-2H3/t27-,28-/m1/s1.